The molecule has 0 spiro atoms. The second-order valence-corrected chi connectivity index (χ2v) is 8.06. The van der Waals surface area contributed by atoms with Crippen molar-refractivity contribution in [3.63, 3.8) is 0 Å². The third kappa shape index (κ3) is 2.90. The van der Waals surface area contributed by atoms with Gasteiger partial charge in [-0.2, -0.15) is 4.31 Å². The number of sulfonamides is 1. The molecule has 1 aromatic carbocycles. The maximum absolute atomic E-state index is 13.0. The first-order valence-electron chi connectivity index (χ1n) is 6.83. The molecule has 0 saturated carbocycles. The van der Waals surface area contributed by atoms with Crippen molar-refractivity contribution < 1.29 is 13.2 Å². The molecule has 1 aromatic rings. The molecule has 0 bridgehead atoms. The van der Waals surface area contributed by atoms with Gasteiger partial charge >= 0.3 is 0 Å². The Bertz CT molecular complexity index is 644. The summed E-state index contributed by atoms with van der Waals surface area (Å²) in [6.07, 6.45) is 1.68. The van der Waals surface area contributed by atoms with E-state index in [0.29, 0.717) is 17.1 Å². The summed E-state index contributed by atoms with van der Waals surface area (Å²) in [6.45, 7) is 4.52. The molecule has 1 aliphatic rings. The van der Waals surface area contributed by atoms with Gasteiger partial charge in [-0.25, -0.2) is 8.42 Å². The van der Waals surface area contributed by atoms with E-state index in [-0.39, 0.29) is 17.2 Å². The molecule has 0 radical (unpaired) electrons. The number of nitrogens with two attached hydrogens (primary N) is 1. The maximum atomic E-state index is 13.0. The molecule has 7 heteroatoms. The number of methoxy groups -OCH3 is 1. The molecule has 2 N–H and O–H groups in total. The Balaban J connectivity index is 2.62. The fraction of sp³-hybridized carbons (Fsp3) is 0.571. The average molecular weight is 333 g/mol. The summed E-state index contributed by atoms with van der Waals surface area (Å²) in [5.74, 6) is 0.282. The average Bonchev–Trinajstić information content (AvgIpc) is 2.77. The van der Waals surface area contributed by atoms with E-state index >= 15 is 0 Å². The van der Waals surface area contributed by atoms with Crippen molar-refractivity contribution >= 4 is 21.6 Å². The van der Waals surface area contributed by atoms with Gasteiger partial charge in [0.15, 0.2) is 0 Å². The van der Waals surface area contributed by atoms with Gasteiger partial charge in [-0.3, -0.25) is 0 Å². The summed E-state index contributed by atoms with van der Waals surface area (Å²) >= 11 is 6.05. The van der Waals surface area contributed by atoms with Crippen LogP contribution in [0.15, 0.2) is 17.0 Å². The van der Waals surface area contributed by atoms with E-state index in [0.717, 1.165) is 12.8 Å². The van der Waals surface area contributed by atoms with Gasteiger partial charge in [0.05, 0.1) is 7.11 Å². The monoisotopic (exact) mass is 332 g/mol. The van der Waals surface area contributed by atoms with E-state index in [1.54, 1.807) is 6.07 Å². The van der Waals surface area contributed by atoms with Crippen molar-refractivity contribution in [2.45, 2.75) is 43.7 Å². The van der Waals surface area contributed by atoms with Crippen molar-refractivity contribution in [1.29, 1.82) is 0 Å². The Morgan fingerprint density at radius 2 is 2.10 bits per heavy atom. The van der Waals surface area contributed by atoms with Gasteiger partial charge in [0, 0.05) is 29.2 Å². The fourth-order valence-electron chi connectivity index (χ4n) is 2.84. The molecule has 1 saturated heterocycles. The summed E-state index contributed by atoms with van der Waals surface area (Å²) in [6, 6.07) is 3.07. The molecule has 0 amide bonds. The Morgan fingerprint density at radius 3 is 2.57 bits per heavy atom. The van der Waals surface area contributed by atoms with Crippen LogP contribution in [0.4, 0.5) is 0 Å². The molecule has 2 rings (SSSR count). The highest BCUT2D eigenvalue weighted by Crippen LogP contribution is 2.39. The summed E-state index contributed by atoms with van der Waals surface area (Å²) in [7, 11) is -2.23. The van der Waals surface area contributed by atoms with Crippen LogP contribution in [-0.2, 0) is 16.6 Å². The van der Waals surface area contributed by atoms with Crippen molar-refractivity contribution in [1.82, 2.24) is 4.31 Å². The summed E-state index contributed by atoms with van der Waals surface area (Å²) in [4.78, 5) is 0.0907. The number of rotatable bonds is 4. The lowest BCUT2D eigenvalue weighted by Gasteiger charge is -2.31. The van der Waals surface area contributed by atoms with Gasteiger partial charge in [-0.15, -0.1) is 0 Å². The van der Waals surface area contributed by atoms with Crippen LogP contribution >= 0.6 is 11.6 Å². The maximum Gasteiger partial charge on any atom is 0.247 e. The standard InChI is InChI=1S/C14H21ClN2O3S/c1-14(2)5-4-6-17(14)21(18,19)12-8-11(15)7-10(9-16)13(12)20-3/h7-8H,4-6,9,16H2,1-3H3. The van der Waals surface area contributed by atoms with Crippen molar-refractivity contribution in [3.05, 3.63) is 22.7 Å². The smallest absolute Gasteiger partial charge is 0.247 e. The van der Waals surface area contributed by atoms with Crippen molar-refractivity contribution in [2.24, 2.45) is 5.73 Å². The molecule has 1 heterocycles. The number of hydrogen-bond donors (Lipinski definition) is 1. The normalized spacial score (nSPS) is 18.9. The number of benzene rings is 1. The molecular formula is C14H21ClN2O3S. The zero-order valence-electron chi connectivity index (χ0n) is 12.5. The Hall–Kier alpha value is -0.820. The van der Waals surface area contributed by atoms with Crippen LogP contribution in [-0.4, -0.2) is 31.9 Å². The Morgan fingerprint density at radius 1 is 1.43 bits per heavy atom. The highest BCUT2D eigenvalue weighted by Gasteiger charge is 2.42. The minimum atomic E-state index is -3.68. The highest BCUT2D eigenvalue weighted by atomic mass is 35.5. The van der Waals surface area contributed by atoms with Crippen LogP contribution in [0.2, 0.25) is 5.02 Å². The molecule has 0 aromatic heterocycles. The molecule has 1 fully saturated rings. The largest absolute Gasteiger partial charge is 0.495 e. The second-order valence-electron chi connectivity index (χ2n) is 5.79. The number of ether oxygens (including phenoxy) is 1. The SMILES string of the molecule is COc1c(CN)cc(Cl)cc1S(=O)(=O)N1CCCC1(C)C. The van der Waals surface area contributed by atoms with E-state index in [4.69, 9.17) is 22.1 Å². The highest BCUT2D eigenvalue weighted by molar-refractivity contribution is 7.89. The van der Waals surface area contributed by atoms with Crippen LogP contribution in [0, 0.1) is 0 Å². The van der Waals surface area contributed by atoms with Gasteiger partial charge in [-0.1, -0.05) is 11.6 Å². The Labute approximate surface area is 131 Å². The van der Waals surface area contributed by atoms with Crippen LogP contribution in [0.5, 0.6) is 5.75 Å². The first-order valence-corrected chi connectivity index (χ1v) is 8.65. The minimum absolute atomic E-state index is 0.0907. The van der Waals surface area contributed by atoms with Gasteiger partial charge in [0.25, 0.3) is 0 Å². The minimum Gasteiger partial charge on any atom is -0.495 e. The zero-order valence-corrected chi connectivity index (χ0v) is 14.1. The predicted octanol–water partition coefficient (Wildman–Crippen LogP) is 2.37. The van der Waals surface area contributed by atoms with Crippen LogP contribution in [0.3, 0.4) is 0 Å². The number of halogens is 1. The van der Waals surface area contributed by atoms with E-state index in [2.05, 4.69) is 0 Å². The second kappa shape index (κ2) is 5.76. The van der Waals surface area contributed by atoms with Crippen LogP contribution in [0.25, 0.3) is 0 Å². The lowest BCUT2D eigenvalue weighted by molar-refractivity contribution is 0.290. The molecule has 0 unspecified atom stereocenters. The first kappa shape index (κ1) is 16.5. The molecule has 1 aliphatic heterocycles. The third-order valence-electron chi connectivity index (χ3n) is 3.91. The topological polar surface area (TPSA) is 72.6 Å². The Kier molecular flexibility index (Phi) is 4.54. The molecule has 0 aliphatic carbocycles. The fourth-order valence-corrected chi connectivity index (χ4v) is 5.22. The molecule has 5 nitrogen and oxygen atoms in total. The van der Waals surface area contributed by atoms with E-state index in [1.807, 2.05) is 13.8 Å². The number of nitrogens with zero attached hydrogens (tertiary/aromatic N) is 1. The van der Waals surface area contributed by atoms with E-state index in [1.165, 1.54) is 17.5 Å². The lowest BCUT2D eigenvalue weighted by Crippen LogP contribution is -2.42. The van der Waals surface area contributed by atoms with E-state index < -0.39 is 15.6 Å². The number of hydrogen-bond acceptors (Lipinski definition) is 4. The molecule has 21 heavy (non-hydrogen) atoms. The van der Waals surface area contributed by atoms with Gasteiger partial charge in [0.2, 0.25) is 10.0 Å². The predicted molar refractivity (Wildman–Crippen MR) is 83.1 cm³/mol. The molecule has 118 valence electrons. The van der Waals surface area contributed by atoms with Gasteiger partial charge in [0.1, 0.15) is 10.6 Å². The van der Waals surface area contributed by atoms with Crippen molar-refractivity contribution in [2.75, 3.05) is 13.7 Å². The summed E-state index contributed by atoms with van der Waals surface area (Å²) < 4.78 is 32.8. The van der Waals surface area contributed by atoms with Crippen LogP contribution in [0.1, 0.15) is 32.3 Å². The van der Waals surface area contributed by atoms with Crippen molar-refractivity contribution in [3.8, 4) is 5.75 Å². The van der Waals surface area contributed by atoms with Gasteiger partial charge < -0.3 is 10.5 Å². The molecular weight excluding hydrogens is 312 g/mol. The van der Waals surface area contributed by atoms with Crippen LogP contribution < -0.4 is 10.5 Å². The third-order valence-corrected chi connectivity index (χ3v) is 6.25. The van der Waals surface area contributed by atoms with E-state index in [9.17, 15) is 8.42 Å². The summed E-state index contributed by atoms with van der Waals surface area (Å²) in [5, 5.41) is 0.340. The molecule has 0 atom stereocenters. The lowest BCUT2D eigenvalue weighted by atomic mass is 10.0. The van der Waals surface area contributed by atoms with Gasteiger partial charge in [-0.05, 0) is 38.8 Å². The summed E-state index contributed by atoms with van der Waals surface area (Å²) in [5.41, 5.74) is 5.84. The quantitative estimate of drug-likeness (QED) is 0.918. The zero-order chi connectivity index (χ0) is 15.8. The first-order chi connectivity index (χ1) is 9.74.